The molecule has 0 saturated carbocycles. The third-order valence-electron chi connectivity index (χ3n) is 3.16. The van der Waals surface area contributed by atoms with Crippen molar-refractivity contribution < 1.29 is 4.79 Å². The van der Waals surface area contributed by atoms with Crippen molar-refractivity contribution >= 4 is 68.8 Å². The molecule has 0 aliphatic rings. The van der Waals surface area contributed by atoms with Gasteiger partial charge in [-0.05, 0) is 38.1 Å². The van der Waals surface area contributed by atoms with Crippen molar-refractivity contribution in [1.82, 2.24) is 15.6 Å². The summed E-state index contributed by atoms with van der Waals surface area (Å²) < 4.78 is 0.981. The summed E-state index contributed by atoms with van der Waals surface area (Å²) in [6.45, 7) is 5.82. The highest BCUT2D eigenvalue weighted by Crippen LogP contribution is 2.14. The molecule has 142 valence electrons. The molecule has 9 heteroatoms. The fraction of sp³-hybridized carbons (Fsp3) is 0.353. The summed E-state index contributed by atoms with van der Waals surface area (Å²) >= 11 is 5.01. The second kappa shape index (κ2) is 12.2. The lowest BCUT2D eigenvalue weighted by molar-refractivity contribution is -0.116. The topological polar surface area (TPSA) is 78.4 Å². The number of guanidine groups is 1. The molecule has 6 nitrogen and oxygen atoms in total. The summed E-state index contributed by atoms with van der Waals surface area (Å²) in [5.74, 6) is 0.646. The quantitative estimate of drug-likeness (QED) is 0.277. The number of aryl methyl sites for hydroxylation is 1. The van der Waals surface area contributed by atoms with Gasteiger partial charge in [0, 0.05) is 40.7 Å². The van der Waals surface area contributed by atoms with Crippen LogP contribution in [0.25, 0.3) is 0 Å². The van der Waals surface area contributed by atoms with E-state index in [1.54, 1.807) is 11.3 Å². The summed E-state index contributed by atoms with van der Waals surface area (Å²) in [6, 6.07) is 7.50. The third-order valence-corrected chi connectivity index (χ3v) is 4.58. The number of carbonyl (C=O) groups is 1. The number of hydrogen-bond acceptors (Lipinski definition) is 4. The lowest BCUT2D eigenvalue weighted by Gasteiger charge is -2.11. The molecule has 1 aromatic heterocycles. The Balaban J connectivity index is 0.00000338. The van der Waals surface area contributed by atoms with E-state index in [2.05, 4.69) is 41.9 Å². The number of amides is 1. The van der Waals surface area contributed by atoms with Crippen LogP contribution in [0.15, 0.2) is 39.9 Å². The van der Waals surface area contributed by atoms with Gasteiger partial charge in [-0.3, -0.25) is 4.79 Å². The zero-order chi connectivity index (χ0) is 18.1. The number of aliphatic imine (C=N–C) groups is 1. The van der Waals surface area contributed by atoms with Gasteiger partial charge in [0.05, 0.1) is 6.54 Å². The summed E-state index contributed by atoms with van der Waals surface area (Å²) in [6.07, 6.45) is 2.21. The molecule has 0 radical (unpaired) electrons. The number of aromatic nitrogens is 1. The highest BCUT2D eigenvalue weighted by molar-refractivity contribution is 14.0. The van der Waals surface area contributed by atoms with Crippen LogP contribution in [0.2, 0.25) is 0 Å². The maximum absolute atomic E-state index is 12.0. The first kappa shape index (κ1) is 22.8. The first-order valence-electron chi connectivity index (χ1n) is 8.05. The maximum atomic E-state index is 12.0. The number of benzene rings is 1. The van der Waals surface area contributed by atoms with E-state index < -0.39 is 0 Å². The van der Waals surface area contributed by atoms with E-state index in [9.17, 15) is 4.79 Å². The van der Waals surface area contributed by atoms with Gasteiger partial charge in [-0.2, -0.15) is 0 Å². The molecule has 26 heavy (non-hydrogen) atoms. The fourth-order valence-electron chi connectivity index (χ4n) is 2.01. The van der Waals surface area contributed by atoms with E-state index in [0.29, 0.717) is 25.5 Å². The summed E-state index contributed by atoms with van der Waals surface area (Å²) in [5.41, 5.74) is 0.785. The second-order valence-electron chi connectivity index (χ2n) is 5.29. The van der Waals surface area contributed by atoms with Crippen LogP contribution in [0.1, 0.15) is 23.2 Å². The first-order chi connectivity index (χ1) is 12.1. The van der Waals surface area contributed by atoms with Crippen molar-refractivity contribution in [3.05, 3.63) is 44.8 Å². The minimum atomic E-state index is -0.0405. The van der Waals surface area contributed by atoms with Crippen molar-refractivity contribution in [1.29, 1.82) is 0 Å². The number of carbonyl (C=O) groups excluding carboxylic acids is 1. The Morgan fingerprint density at radius 2 is 2.00 bits per heavy atom. The number of hydrogen-bond donors (Lipinski definition) is 3. The smallest absolute Gasteiger partial charge is 0.226 e. The van der Waals surface area contributed by atoms with Crippen molar-refractivity contribution in [3.8, 4) is 0 Å². The highest BCUT2D eigenvalue weighted by atomic mass is 127. The third kappa shape index (κ3) is 8.45. The number of thiazole rings is 1. The van der Waals surface area contributed by atoms with Crippen LogP contribution in [0.3, 0.4) is 0 Å². The molecule has 2 aromatic rings. The van der Waals surface area contributed by atoms with Gasteiger partial charge < -0.3 is 16.0 Å². The Kier molecular flexibility index (Phi) is 10.7. The predicted octanol–water partition coefficient (Wildman–Crippen LogP) is 3.92. The van der Waals surface area contributed by atoms with Crippen LogP contribution in [-0.2, 0) is 11.3 Å². The average Bonchev–Trinajstić information content (AvgIpc) is 3.00. The molecule has 1 amide bonds. The van der Waals surface area contributed by atoms with Crippen LogP contribution >= 0.6 is 51.2 Å². The second-order valence-corrected chi connectivity index (χ2v) is 7.53. The van der Waals surface area contributed by atoms with E-state index in [1.165, 1.54) is 4.88 Å². The molecule has 0 aliphatic heterocycles. The lowest BCUT2D eigenvalue weighted by Crippen LogP contribution is -2.38. The minimum Gasteiger partial charge on any atom is -0.357 e. The van der Waals surface area contributed by atoms with E-state index in [0.717, 1.165) is 21.7 Å². The summed E-state index contributed by atoms with van der Waals surface area (Å²) in [4.78, 5) is 22.0. The molecule has 0 atom stereocenters. The standard InChI is InChI=1S/C17H22BrN5OS.HI/c1-3-19-17(22-11-16-21-10-12(2)25-16)20-9-8-15(24)23-14-6-4-13(18)5-7-14;/h4-7,10H,3,8-9,11H2,1-2H3,(H,23,24)(H2,19,20,22);1H. The van der Waals surface area contributed by atoms with Crippen LogP contribution in [0.4, 0.5) is 5.69 Å². The van der Waals surface area contributed by atoms with E-state index >= 15 is 0 Å². The highest BCUT2D eigenvalue weighted by Gasteiger charge is 2.04. The van der Waals surface area contributed by atoms with Gasteiger partial charge in [0.25, 0.3) is 0 Å². The van der Waals surface area contributed by atoms with Crippen LogP contribution in [0, 0.1) is 6.92 Å². The SMILES string of the molecule is CCNC(=NCc1ncc(C)s1)NCCC(=O)Nc1ccc(Br)cc1.I. The molecule has 0 saturated heterocycles. The number of halogens is 2. The van der Waals surface area contributed by atoms with E-state index in [-0.39, 0.29) is 29.9 Å². The zero-order valence-electron chi connectivity index (χ0n) is 14.7. The Hall–Kier alpha value is -1.20. The molecular formula is C17H23BrIN5OS. The maximum Gasteiger partial charge on any atom is 0.226 e. The molecule has 1 heterocycles. The molecule has 0 fully saturated rings. The molecule has 0 unspecified atom stereocenters. The average molecular weight is 552 g/mol. The monoisotopic (exact) mass is 551 g/mol. The number of nitrogens with zero attached hydrogens (tertiary/aromatic N) is 2. The van der Waals surface area contributed by atoms with Gasteiger partial charge in [0.15, 0.2) is 5.96 Å². The number of nitrogens with one attached hydrogen (secondary N) is 3. The first-order valence-corrected chi connectivity index (χ1v) is 9.66. The normalized spacial score (nSPS) is 10.8. The zero-order valence-corrected chi connectivity index (χ0v) is 19.4. The van der Waals surface area contributed by atoms with Crippen molar-refractivity contribution in [2.75, 3.05) is 18.4 Å². The van der Waals surface area contributed by atoms with Gasteiger partial charge in [-0.1, -0.05) is 15.9 Å². The van der Waals surface area contributed by atoms with Crippen LogP contribution < -0.4 is 16.0 Å². The number of rotatable bonds is 7. The molecule has 0 spiro atoms. The molecular weight excluding hydrogens is 529 g/mol. The van der Waals surface area contributed by atoms with Crippen molar-refractivity contribution in [2.45, 2.75) is 26.8 Å². The molecule has 2 rings (SSSR count). The Morgan fingerprint density at radius 3 is 2.62 bits per heavy atom. The van der Waals surface area contributed by atoms with Gasteiger partial charge >= 0.3 is 0 Å². The lowest BCUT2D eigenvalue weighted by atomic mass is 10.3. The molecule has 3 N–H and O–H groups in total. The van der Waals surface area contributed by atoms with E-state index in [1.807, 2.05) is 44.3 Å². The Bertz CT molecular complexity index is 720. The van der Waals surface area contributed by atoms with Gasteiger partial charge in [-0.15, -0.1) is 35.3 Å². The van der Waals surface area contributed by atoms with Gasteiger partial charge in [-0.25, -0.2) is 9.98 Å². The molecule has 0 bridgehead atoms. The van der Waals surface area contributed by atoms with E-state index in [4.69, 9.17) is 0 Å². The van der Waals surface area contributed by atoms with Crippen LogP contribution in [0.5, 0.6) is 0 Å². The number of anilines is 1. The van der Waals surface area contributed by atoms with Crippen molar-refractivity contribution in [3.63, 3.8) is 0 Å². The Labute approximate surface area is 183 Å². The van der Waals surface area contributed by atoms with Gasteiger partial charge in [0.2, 0.25) is 5.91 Å². The van der Waals surface area contributed by atoms with Gasteiger partial charge in [0.1, 0.15) is 5.01 Å². The van der Waals surface area contributed by atoms with Crippen molar-refractivity contribution in [2.24, 2.45) is 4.99 Å². The summed E-state index contributed by atoms with van der Waals surface area (Å²) in [7, 11) is 0. The summed E-state index contributed by atoms with van der Waals surface area (Å²) in [5, 5.41) is 10.2. The minimum absolute atomic E-state index is 0. The Morgan fingerprint density at radius 1 is 1.27 bits per heavy atom. The largest absolute Gasteiger partial charge is 0.357 e. The fourth-order valence-corrected chi connectivity index (χ4v) is 2.99. The predicted molar refractivity (Wildman–Crippen MR) is 122 cm³/mol. The van der Waals surface area contributed by atoms with Crippen LogP contribution in [-0.4, -0.2) is 29.9 Å². The molecule has 0 aliphatic carbocycles. The molecule has 1 aromatic carbocycles.